The first-order chi connectivity index (χ1) is 11.8. The fourth-order valence-electron chi connectivity index (χ4n) is 2.43. The summed E-state index contributed by atoms with van der Waals surface area (Å²) < 4.78 is 39.0. The Morgan fingerprint density at radius 3 is 2.70 bits per heavy atom. The normalized spacial score (nSPS) is 30.3. The van der Waals surface area contributed by atoms with E-state index in [2.05, 4.69) is 4.98 Å². The summed E-state index contributed by atoms with van der Waals surface area (Å²) in [4.78, 5) is 37.8. The molecule has 128 valence electrons. The Morgan fingerprint density at radius 1 is 1.43 bits per heavy atom. The molecule has 0 bridgehead atoms. The lowest BCUT2D eigenvalue weighted by molar-refractivity contribution is -0.171. The highest BCUT2D eigenvalue weighted by atomic mass is 16.6. The van der Waals surface area contributed by atoms with Crippen molar-refractivity contribution in [1.29, 1.82) is 0 Å². The van der Waals surface area contributed by atoms with Crippen LogP contribution < -0.4 is 11.2 Å². The van der Waals surface area contributed by atoms with Crippen LogP contribution in [-0.2, 0) is 19.0 Å². The van der Waals surface area contributed by atoms with E-state index in [4.69, 9.17) is 18.3 Å². The summed E-state index contributed by atoms with van der Waals surface area (Å²) in [5.74, 6) is -1.40. The number of H-pyrrole nitrogens is 1. The molecule has 0 spiro atoms. The Labute approximate surface area is 137 Å². The summed E-state index contributed by atoms with van der Waals surface area (Å²) >= 11 is 0. The van der Waals surface area contributed by atoms with Gasteiger partial charge in [-0.05, 0) is 20.8 Å². The number of nitrogens with one attached hydrogen (secondary N) is 1. The molecule has 0 amide bonds. The van der Waals surface area contributed by atoms with Gasteiger partial charge in [0.05, 0.1) is 4.11 Å². The van der Waals surface area contributed by atoms with E-state index in [1.54, 1.807) is 27.7 Å². The van der Waals surface area contributed by atoms with Crippen molar-refractivity contribution < 1.29 is 23.1 Å². The van der Waals surface area contributed by atoms with Crippen molar-refractivity contribution in [2.24, 2.45) is 5.92 Å². The highest BCUT2D eigenvalue weighted by molar-refractivity contribution is 5.76. The smallest absolute Gasteiger partial charge is 0.336 e. The first kappa shape index (κ1) is 13.5. The van der Waals surface area contributed by atoms with Crippen LogP contribution in [0.5, 0.6) is 0 Å². The molecule has 0 aliphatic carbocycles. The van der Waals surface area contributed by atoms with Gasteiger partial charge in [0.2, 0.25) is 0 Å². The zero-order valence-corrected chi connectivity index (χ0v) is 13.4. The van der Waals surface area contributed by atoms with Gasteiger partial charge in [-0.1, -0.05) is 6.92 Å². The second-order valence-electron chi connectivity index (χ2n) is 6.44. The molecule has 0 aromatic carbocycles. The van der Waals surface area contributed by atoms with E-state index >= 15 is 0 Å². The Morgan fingerprint density at radius 2 is 2.13 bits per heavy atom. The van der Waals surface area contributed by atoms with Gasteiger partial charge in [0, 0.05) is 25.2 Å². The van der Waals surface area contributed by atoms with Crippen molar-refractivity contribution in [2.45, 2.75) is 51.7 Å². The molecule has 8 nitrogen and oxygen atoms in total. The number of nitrogens with zero attached hydrogens (tertiary/aromatic N) is 1. The molecule has 1 N–H and O–H groups in total. The molecule has 1 saturated heterocycles. The molecule has 1 aliphatic heterocycles. The summed E-state index contributed by atoms with van der Waals surface area (Å²) in [7, 11) is -2.77. The molecule has 2 heterocycles. The van der Waals surface area contributed by atoms with Crippen LogP contribution in [0.4, 0.5) is 0 Å². The Hall–Kier alpha value is -1.93. The van der Waals surface area contributed by atoms with E-state index in [0.717, 1.165) is 16.8 Å². The molecule has 2 rings (SSSR count). The number of carbonyl (C=O) groups is 1. The van der Waals surface area contributed by atoms with Crippen molar-refractivity contribution in [2.75, 3.05) is 7.04 Å². The van der Waals surface area contributed by atoms with E-state index in [1.165, 1.54) is 0 Å². The van der Waals surface area contributed by atoms with Gasteiger partial charge in [0.1, 0.15) is 11.7 Å². The molecule has 4 atom stereocenters. The van der Waals surface area contributed by atoms with Gasteiger partial charge in [-0.25, -0.2) is 9.59 Å². The van der Waals surface area contributed by atoms with Crippen molar-refractivity contribution in [3.63, 3.8) is 0 Å². The molecular formula is C15H22N2O6. The molecule has 1 fully saturated rings. The fourth-order valence-corrected chi connectivity index (χ4v) is 2.43. The SMILES string of the molecule is [2H]C([2H])([2H])O[C@@H]1[C@H](C)[C@@H](C(=O)OC(C)(C)C)O[C@H]1n1ccc(=O)[nH]c1=O. The monoisotopic (exact) mass is 329 g/mol. The average Bonchev–Trinajstić information content (AvgIpc) is 2.73. The van der Waals surface area contributed by atoms with E-state index in [1.807, 2.05) is 0 Å². The molecular weight excluding hydrogens is 304 g/mol. The minimum Gasteiger partial charge on any atom is -0.458 e. The van der Waals surface area contributed by atoms with Crippen molar-refractivity contribution in [3.05, 3.63) is 33.1 Å². The molecule has 0 saturated carbocycles. The van der Waals surface area contributed by atoms with Crippen molar-refractivity contribution in [3.8, 4) is 0 Å². The average molecular weight is 329 g/mol. The summed E-state index contributed by atoms with van der Waals surface area (Å²) in [5, 5.41) is 0. The third kappa shape index (κ3) is 3.70. The number of carbonyl (C=O) groups excluding carboxylic acids is 1. The van der Waals surface area contributed by atoms with Gasteiger partial charge >= 0.3 is 11.7 Å². The number of hydrogen-bond acceptors (Lipinski definition) is 6. The Bertz CT molecular complexity index is 779. The number of methoxy groups -OCH3 is 1. The first-order valence-electron chi connectivity index (χ1n) is 8.66. The summed E-state index contributed by atoms with van der Waals surface area (Å²) in [5.41, 5.74) is -2.19. The minimum absolute atomic E-state index is 0.616. The molecule has 8 heteroatoms. The van der Waals surface area contributed by atoms with Crippen LogP contribution in [-0.4, -0.2) is 40.4 Å². The molecule has 0 radical (unpaired) electrons. The van der Waals surface area contributed by atoms with Crippen LogP contribution >= 0.6 is 0 Å². The van der Waals surface area contributed by atoms with Gasteiger partial charge in [-0.2, -0.15) is 0 Å². The van der Waals surface area contributed by atoms with E-state index < -0.39 is 54.2 Å². The van der Waals surface area contributed by atoms with Gasteiger partial charge in [0.15, 0.2) is 12.3 Å². The lowest BCUT2D eigenvalue weighted by Gasteiger charge is -2.23. The quantitative estimate of drug-likeness (QED) is 0.807. The van der Waals surface area contributed by atoms with Gasteiger partial charge in [0.25, 0.3) is 5.56 Å². The Kier molecular flexibility index (Phi) is 3.69. The molecule has 1 aromatic heterocycles. The lowest BCUT2D eigenvalue weighted by Crippen LogP contribution is -2.36. The van der Waals surface area contributed by atoms with Crippen LogP contribution in [0.2, 0.25) is 0 Å². The number of rotatable bonds is 3. The molecule has 0 unspecified atom stereocenters. The van der Waals surface area contributed by atoms with Gasteiger partial charge in [-0.3, -0.25) is 14.3 Å². The second-order valence-corrected chi connectivity index (χ2v) is 6.44. The largest absolute Gasteiger partial charge is 0.458 e. The summed E-state index contributed by atoms with van der Waals surface area (Å²) in [6.45, 7) is 6.63. The zero-order valence-electron chi connectivity index (χ0n) is 16.4. The second kappa shape index (κ2) is 6.29. The first-order valence-corrected chi connectivity index (χ1v) is 7.16. The maximum Gasteiger partial charge on any atom is 0.336 e. The predicted molar refractivity (Wildman–Crippen MR) is 81.0 cm³/mol. The lowest BCUT2D eigenvalue weighted by atomic mass is 10.00. The van der Waals surface area contributed by atoms with Crippen molar-refractivity contribution >= 4 is 5.97 Å². The minimum atomic E-state index is -2.77. The van der Waals surface area contributed by atoms with Crippen LogP contribution in [0.15, 0.2) is 21.9 Å². The molecule has 23 heavy (non-hydrogen) atoms. The number of aromatic nitrogens is 2. The highest BCUT2D eigenvalue weighted by Gasteiger charge is 2.48. The van der Waals surface area contributed by atoms with Crippen molar-refractivity contribution in [1.82, 2.24) is 9.55 Å². The summed E-state index contributed by atoms with van der Waals surface area (Å²) in [6, 6.07) is 1.09. The number of aromatic amines is 1. The van der Waals surface area contributed by atoms with Gasteiger partial charge in [-0.15, -0.1) is 0 Å². The van der Waals surface area contributed by atoms with Crippen LogP contribution in [0, 0.1) is 5.92 Å². The van der Waals surface area contributed by atoms with E-state index in [-0.39, 0.29) is 0 Å². The van der Waals surface area contributed by atoms with E-state index in [9.17, 15) is 14.4 Å². The van der Waals surface area contributed by atoms with Gasteiger partial charge < -0.3 is 14.2 Å². The van der Waals surface area contributed by atoms with Crippen LogP contribution in [0.3, 0.4) is 0 Å². The topological polar surface area (TPSA) is 99.6 Å². The van der Waals surface area contributed by atoms with Crippen LogP contribution in [0.25, 0.3) is 0 Å². The summed E-state index contributed by atoms with van der Waals surface area (Å²) in [6.07, 6.45) is -2.33. The number of esters is 1. The third-order valence-corrected chi connectivity index (χ3v) is 3.46. The fraction of sp³-hybridized carbons (Fsp3) is 0.667. The van der Waals surface area contributed by atoms with E-state index in [0.29, 0.717) is 0 Å². The molecule has 1 aliphatic rings. The number of ether oxygens (including phenoxy) is 3. The Balaban J connectivity index is 2.39. The highest BCUT2D eigenvalue weighted by Crippen LogP contribution is 2.35. The predicted octanol–water partition coefficient (Wildman–Crippen LogP) is 0.427. The third-order valence-electron chi connectivity index (χ3n) is 3.46. The standard InChI is InChI=1S/C15H22N2O6/c1-8-10(21-5)12(17-7-6-9(18)16-14(17)20)22-11(8)13(19)23-15(2,3)4/h6-8,10-12H,1-5H3,(H,16,18,20)/t8-,10+,11-,12+/m0/s1/i5D3. The maximum atomic E-state index is 12.4. The molecule has 1 aromatic rings. The zero-order chi connectivity index (χ0) is 19.9. The number of hydrogen-bond donors (Lipinski definition) is 1. The van der Waals surface area contributed by atoms with Crippen LogP contribution in [0.1, 0.15) is 38.0 Å². The maximum absolute atomic E-state index is 12.4.